The van der Waals surface area contributed by atoms with E-state index in [1.54, 1.807) is 28.6 Å². The molecule has 10 heteroatoms. The molecule has 238 valence electrons. The second kappa shape index (κ2) is 13.7. The highest BCUT2D eigenvalue weighted by atomic mass is 35.5. The predicted octanol–water partition coefficient (Wildman–Crippen LogP) is 10.0. The van der Waals surface area contributed by atoms with E-state index in [0.717, 1.165) is 45.1 Å². The number of carbonyl (C=O) groups excluding carboxylic acids is 2. The standard InChI is InChI=1S/C35H37ClF2N2O3S2/c1-35(2,3)43-34(42)39(4)23-13-15-24(16-14-23)40(33(41)32-30(36)29-26(37)17-18-27(38)31(29)45-32)20-21-9-8-10-22(19-21)25-11-6-7-12-28(25)44-5/h6-12,17-19,23-24H,13-16,20H2,1-5H3/t23-,24-. The summed E-state index contributed by atoms with van der Waals surface area (Å²) in [7, 11) is 1.75. The van der Waals surface area contributed by atoms with Crippen molar-refractivity contribution in [3.05, 3.63) is 87.8 Å². The first-order valence-corrected chi connectivity index (χ1v) is 17.3. The van der Waals surface area contributed by atoms with Crippen LogP contribution < -0.4 is 0 Å². The van der Waals surface area contributed by atoms with Crippen molar-refractivity contribution in [1.29, 1.82) is 0 Å². The van der Waals surface area contributed by atoms with Gasteiger partial charge in [-0.2, -0.15) is 0 Å². The van der Waals surface area contributed by atoms with Crippen molar-refractivity contribution >= 4 is 56.8 Å². The van der Waals surface area contributed by atoms with Gasteiger partial charge in [-0.15, -0.1) is 23.1 Å². The molecule has 1 fully saturated rings. The van der Waals surface area contributed by atoms with E-state index >= 15 is 0 Å². The molecule has 1 aliphatic carbocycles. The molecule has 0 N–H and O–H groups in total. The third-order valence-corrected chi connectivity index (χ3v) is 10.6. The number of thioether (sulfide) groups is 1. The zero-order valence-electron chi connectivity index (χ0n) is 26.0. The Hall–Kier alpha value is -3.14. The molecule has 45 heavy (non-hydrogen) atoms. The Kier molecular flexibility index (Phi) is 10.1. The third-order valence-electron chi connectivity index (χ3n) is 8.17. The highest BCUT2D eigenvalue weighted by Crippen LogP contribution is 2.40. The van der Waals surface area contributed by atoms with Gasteiger partial charge >= 0.3 is 6.09 Å². The fourth-order valence-corrected chi connectivity index (χ4v) is 8.02. The Bertz CT molecular complexity index is 1710. The summed E-state index contributed by atoms with van der Waals surface area (Å²) in [5, 5.41) is -0.133. The smallest absolute Gasteiger partial charge is 0.410 e. The van der Waals surface area contributed by atoms with Crippen LogP contribution in [0.1, 0.15) is 61.7 Å². The maximum Gasteiger partial charge on any atom is 0.410 e. The maximum atomic E-state index is 14.7. The van der Waals surface area contributed by atoms with E-state index in [1.807, 2.05) is 51.3 Å². The van der Waals surface area contributed by atoms with E-state index in [1.165, 1.54) is 0 Å². The first-order valence-electron chi connectivity index (χ1n) is 14.9. The lowest BCUT2D eigenvalue weighted by Crippen LogP contribution is -2.47. The number of ether oxygens (including phenoxy) is 1. The van der Waals surface area contributed by atoms with Crippen molar-refractivity contribution in [1.82, 2.24) is 9.80 Å². The second-order valence-corrected chi connectivity index (χ2v) is 14.6. The molecule has 0 spiro atoms. The molecule has 3 aromatic carbocycles. The summed E-state index contributed by atoms with van der Waals surface area (Å²) in [6, 6.07) is 18.2. The van der Waals surface area contributed by atoms with Gasteiger partial charge < -0.3 is 14.5 Å². The second-order valence-electron chi connectivity index (χ2n) is 12.4. The van der Waals surface area contributed by atoms with E-state index in [2.05, 4.69) is 24.3 Å². The van der Waals surface area contributed by atoms with Crippen LogP contribution in [0.15, 0.2) is 65.6 Å². The van der Waals surface area contributed by atoms with Gasteiger partial charge in [0.2, 0.25) is 0 Å². The maximum absolute atomic E-state index is 14.7. The van der Waals surface area contributed by atoms with Crippen LogP contribution in [0.2, 0.25) is 5.02 Å². The third kappa shape index (κ3) is 7.31. The first kappa shape index (κ1) is 33.2. The van der Waals surface area contributed by atoms with Gasteiger partial charge in [-0.3, -0.25) is 4.79 Å². The minimum absolute atomic E-state index is 0.0293. The average Bonchev–Trinajstić information content (AvgIpc) is 3.38. The molecule has 0 saturated heterocycles. The van der Waals surface area contributed by atoms with E-state index in [-0.39, 0.29) is 44.1 Å². The first-order chi connectivity index (χ1) is 21.4. The Morgan fingerprint density at radius 1 is 0.978 bits per heavy atom. The summed E-state index contributed by atoms with van der Waals surface area (Å²) in [4.78, 5) is 31.8. The summed E-state index contributed by atoms with van der Waals surface area (Å²) in [5.41, 5.74) is 2.48. The van der Waals surface area contributed by atoms with Gasteiger partial charge in [-0.25, -0.2) is 13.6 Å². The monoisotopic (exact) mass is 670 g/mol. The molecular weight excluding hydrogens is 634 g/mol. The number of amides is 2. The largest absolute Gasteiger partial charge is 0.444 e. The summed E-state index contributed by atoms with van der Waals surface area (Å²) >= 11 is 9.16. The lowest BCUT2D eigenvalue weighted by atomic mass is 9.89. The number of rotatable bonds is 7. The van der Waals surface area contributed by atoms with Crippen molar-refractivity contribution in [3.8, 4) is 11.1 Å². The molecule has 4 aromatic rings. The molecule has 0 aliphatic heterocycles. The van der Waals surface area contributed by atoms with Gasteiger partial charge in [0.1, 0.15) is 22.1 Å². The summed E-state index contributed by atoms with van der Waals surface area (Å²) in [6.07, 6.45) is 4.30. The number of hydrogen-bond acceptors (Lipinski definition) is 5. The average molecular weight is 671 g/mol. The Morgan fingerprint density at radius 3 is 2.31 bits per heavy atom. The number of thiophene rings is 1. The van der Waals surface area contributed by atoms with E-state index in [0.29, 0.717) is 32.2 Å². The van der Waals surface area contributed by atoms with Crippen LogP contribution in [0.25, 0.3) is 21.2 Å². The normalized spacial score (nSPS) is 16.9. The minimum Gasteiger partial charge on any atom is -0.444 e. The van der Waals surface area contributed by atoms with E-state index in [9.17, 15) is 18.4 Å². The topological polar surface area (TPSA) is 49.9 Å². The molecule has 0 bridgehead atoms. The highest BCUT2D eigenvalue weighted by molar-refractivity contribution is 7.98. The molecule has 0 radical (unpaired) electrons. The summed E-state index contributed by atoms with van der Waals surface area (Å²) < 4.78 is 35.0. The molecule has 5 rings (SSSR count). The minimum atomic E-state index is -0.663. The van der Waals surface area contributed by atoms with Crippen molar-refractivity contribution in [3.63, 3.8) is 0 Å². The van der Waals surface area contributed by atoms with Crippen molar-refractivity contribution in [2.75, 3.05) is 13.3 Å². The number of carbonyl (C=O) groups is 2. The zero-order valence-corrected chi connectivity index (χ0v) is 28.4. The molecule has 0 unspecified atom stereocenters. The van der Waals surface area contributed by atoms with Crippen LogP contribution in [0, 0.1) is 11.6 Å². The molecule has 1 aliphatic rings. The SMILES string of the molecule is CSc1ccccc1-c1cccc(CN(C(=O)c2sc3c(F)ccc(F)c3c2Cl)[C@H]2CC[C@H](N(C)C(=O)OC(C)(C)C)CC2)c1. The molecule has 1 heterocycles. The van der Waals surface area contributed by atoms with Gasteiger partial charge in [0.05, 0.1) is 15.1 Å². The summed E-state index contributed by atoms with van der Waals surface area (Å²) in [6.45, 7) is 5.81. The molecule has 1 aromatic heterocycles. The van der Waals surface area contributed by atoms with Gasteiger partial charge in [-0.05, 0) is 93.7 Å². The zero-order chi connectivity index (χ0) is 32.5. The Balaban J connectivity index is 1.46. The van der Waals surface area contributed by atoms with Gasteiger partial charge in [0.25, 0.3) is 5.91 Å². The van der Waals surface area contributed by atoms with Crippen molar-refractivity contribution in [2.24, 2.45) is 0 Å². The van der Waals surface area contributed by atoms with Crippen molar-refractivity contribution < 1.29 is 23.1 Å². The molecule has 5 nitrogen and oxygen atoms in total. The van der Waals surface area contributed by atoms with E-state index in [4.69, 9.17) is 16.3 Å². The quantitative estimate of drug-likeness (QED) is 0.184. The van der Waals surface area contributed by atoms with Gasteiger partial charge in [-0.1, -0.05) is 48.0 Å². The number of fused-ring (bicyclic) bond motifs is 1. The van der Waals surface area contributed by atoms with E-state index < -0.39 is 17.2 Å². The number of halogens is 3. The number of hydrogen-bond donors (Lipinski definition) is 0. The Labute approximate surface area is 276 Å². The number of nitrogens with zero attached hydrogens (tertiary/aromatic N) is 2. The van der Waals surface area contributed by atoms with Crippen molar-refractivity contribution in [2.45, 2.75) is 75.6 Å². The van der Waals surface area contributed by atoms with Gasteiger partial charge in [0.15, 0.2) is 0 Å². The van der Waals surface area contributed by atoms with Crippen LogP contribution in [0.4, 0.5) is 13.6 Å². The highest BCUT2D eigenvalue weighted by Gasteiger charge is 2.35. The lowest BCUT2D eigenvalue weighted by molar-refractivity contribution is 0.0144. The Morgan fingerprint density at radius 2 is 1.64 bits per heavy atom. The fraction of sp³-hybridized carbons (Fsp3) is 0.371. The number of benzene rings is 3. The fourth-order valence-electron chi connectivity index (χ4n) is 5.89. The predicted molar refractivity (Wildman–Crippen MR) is 180 cm³/mol. The van der Waals surface area contributed by atoms with Crippen LogP contribution in [-0.2, 0) is 11.3 Å². The van der Waals surface area contributed by atoms with Gasteiger partial charge in [0, 0.05) is 30.6 Å². The molecular formula is C35H37ClF2N2O3S2. The molecule has 2 amide bonds. The molecule has 1 saturated carbocycles. The van der Waals surface area contributed by atoms with Crippen LogP contribution in [-0.4, -0.2) is 52.8 Å². The van der Waals surface area contributed by atoms with Crippen LogP contribution in [0.5, 0.6) is 0 Å². The van der Waals surface area contributed by atoms with Crippen LogP contribution >= 0.6 is 34.7 Å². The lowest BCUT2D eigenvalue weighted by Gasteiger charge is -2.40. The molecule has 0 atom stereocenters. The summed E-state index contributed by atoms with van der Waals surface area (Å²) in [5.74, 6) is -1.64. The van der Waals surface area contributed by atoms with Crippen LogP contribution in [0.3, 0.4) is 0 Å².